The SMILES string of the molecule is COc1ccc(C)cc1C(N)COc1ccccc1. The Morgan fingerprint density at radius 1 is 1.11 bits per heavy atom. The fourth-order valence-corrected chi connectivity index (χ4v) is 1.94. The van der Waals surface area contributed by atoms with Crippen LogP contribution in [0.25, 0.3) is 0 Å². The van der Waals surface area contributed by atoms with Crippen LogP contribution < -0.4 is 15.2 Å². The zero-order valence-electron chi connectivity index (χ0n) is 11.3. The van der Waals surface area contributed by atoms with Gasteiger partial charge in [0.25, 0.3) is 0 Å². The first-order valence-corrected chi connectivity index (χ1v) is 6.28. The summed E-state index contributed by atoms with van der Waals surface area (Å²) < 4.78 is 11.0. The smallest absolute Gasteiger partial charge is 0.123 e. The molecule has 0 aliphatic carbocycles. The van der Waals surface area contributed by atoms with Crippen molar-refractivity contribution >= 4 is 0 Å². The van der Waals surface area contributed by atoms with Crippen molar-refractivity contribution in [1.82, 2.24) is 0 Å². The summed E-state index contributed by atoms with van der Waals surface area (Å²) in [4.78, 5) is 0. The summed E-state index contributed by atoms with van der Waals surface area (Å²) >= 11 is 0. The van der Waals surface area contributed by atoms with Crippen LogP contribution in [0.2, 0.25) is 0 Å². The highest BCUT2D eigenvalue weighted by molar-refractivity contribution is 5.39. The molecule has 0 aliphatic rings. The topological polar surface area (TPSA) is 44.5 Å². The van der Waals surface area contributed by atoms with Gasteiger partial charge in [0.05, 0.1) is 13.2 Å². The maximum absolute atomic E-state index is 6.18. The van der Waals surface area contributed by atoms with Crippen LogP contribution in [0.15, 0.2) is 48.5 Å². The van der Waals surface area contributed by atoms with Crippen molar-refractivity contribution in [3.8, 4) is 11.5 Å². The molecular weight excluding hydrogens is 238 g/mol. The number of ether oxygens (including phenoxy) is 2. The van der Waals surface area contributed by atoms with E-state index in [0.717, 1.165) is 22.6 Å². The highest BCUT2D eigenvalue weighted by atomic mass is 16.5. The molecule has 2 N–H and O–H groups in total. The minimum Gasteiger partial charge on any atom is -0.496 e. The highest BCUT2D eigenvalue weighted by Crippen LogP contribution is 2.25. The predicted molar refractivity (Wildman–Crippen MR) is 76.6 cm³/mol. The van der Waals surface area contributed by atoms with Crippen LogP contribution in [-0.4, -0.2) is 13.7 Å². The van der Waals surface area contributed by atoms with Gasteiger partial charge in [0, 0.05) is 5.56 Å². The second-order valence-electron chi connectivity index (χ2n) is 4.48. The standard InChI is InChI=1S/C16H19NO2/c1-12-8-9-16(18-2)14(10-12)15(17)11-19-13-6-4-3-5-7-13/h3-10,15H,11,17H2,1-2H3. The molecule has 19 heavy (non-hydrogen) atoms. The Hall–Kier alpha value is -2.00. The summed E-state index contributed by atoms with van der Waals surface area (Å²) in [6.45, 7) is 2.46. The average Bonchev–Trinajstić information content (AvgIpc) is 2.46. The molecule has 0 aliphatic heterocycles. The van der Waals surface area contributed by atoms with Gasteiger partial charge >= 0.3 is 0 Å². The first kappa shape index (κ1) is 13.4. The molecule has 0 heterocycles. The van der Waals surface area contributed by atoms with Crippen molar-refractivity contribution in [2.45, 2.75) is 13.0 Å². The second-order valence-corrected chi connectivity index (χ2v) is 4.48. The molecule has 2 aromatic carbocycles. The average molecular weight is 257 g/mol. The van der Waals surface area contributed by atoms with Crippen molar-refractivity contribution in [2.75, 3.05) is 13.7 Å². The van der Waals surface area contributed by atoms with E-state index in [4.69, 9.17) is 15.2 Å². The minimum atomic E-state index is -0.213. The summed E-state index contributed by atoms with van der Waals surface area (Å²) in [6, 6.07) is 15.4. The molecule has 100 valence electrons. The maximum atomic E-state index is 6.18. The first-order valence-electron chi connectivity index (χ1n) is 6.28. The molecule has 1 atom stereocenters. The predicted octanol–water partition coefficient (Wildman–Crippen LogP) is 3.08. The van der Waals surface area contributed by atoms with Crippen LogP contribution in [0.5, 0.6) is 11.5 Å². The summed E-state index contributed by atoms with van der Waals surface area (Å²) in [5, 5.41) is 0. The van der Waals surface area contributed by atoms with E-state index in [2.05, 4.69) is 0 Å². The van der Waals surface area contributed by atoms with E-state index in [1.165, 1.54) is 0 Å². The van der Waals surface area contributed by atoms with Crippen LogP contribution in [0.3, 0.4) is 0 Å². The van der Waals surface area contributed by atoms with Gasteiger partial charge in [-0.3, -0.25) is 0 Å². The normalized spacial score (nSPS) is 11.9. The van der Waals surface area contributed by atoms with E-state index in [0.29, 0.717) is 6.61 Å². The molecule has 0 saturated heterocycles. The quantitative estimate of drug-likeness (QED) is 0.895. The second kappa shape index (κ2) is 6.25. The lowest BCUT2D eigenvalue weighted by molar-refractivity contribution is 0.286. The van der Waals surface area contributed by atoms with Gasteiger partial charge in [-0.2, -0.15) is 0 Å². The summed E-state index contributed by atoms with van der Waals surface area (Å²) in [5.41, 5.74) is 8.31. The number of nitrogens with two attached hydrogens (primary N) is 1. The third kappa shape index (κ3) is 3.48. The molecule has 1 unspecified atom stereocenters. The van der Waals surface area contributed by atoms with E-state index in [-0.39, 0.29) is 6.04 Å². The van der Waals surface area contributed by atoms with E-state index in [9.17, 15) is 0 Å². The monoisotopic (exact) mass is 257 g/mol. The van der Waals surface area contributed by atoms with E-state index >= 15 is 0 Å². The number of methoxy groups -OCH3 is 1. The molecule has 0 bridgehead atoms. The van der Waals surface area contributed by atoms with Crippen molar-refractivity contribution < 1.29 is 9.47 Å². The number of aryl methyl sites for hydroxylation is 1. The first-order chi connectivity index (χ1) is 9.20. The number of benzene rings is 2. The van der Waals surface area contributed by atoms with Gasteiger partial charge in [0.15, 0.2) is 0 Å². The molecule has 0 fully saturated rings. The Morgan fingerprint density at radius 3 is 2.53 bits per heavy atom. The molecular formula is C16H19NO2. The van der Waals surface area contributed by atoms with Gasteiger partial charge in [0.2, 0.25) is 0 Å². The van der Waals surface area contributed by atoms with Gasteiger partial charge in [-0.25, -0.2) is 0 Å². The van der Waals surface area contributed by atoms with Crippen LogP contribution in [0.1, 0.15) is 17.2 Å². The number of hydrogen-bond donors (Lipinski definition) is 1. The molecule has 0 radical (unpaired) electrons. The molecule has 3 heteroatoms. The van der Waals surface area contributed by atoms with Crippen LogP contribution in [0.4, 0.5) is 0 Å². The van der Waals surface area contributed by atoms with Gasteiger partial charge in [-0.1, -0.05) is 35.9 Å². The van der Waals surface area contributed by atoms with Gasteiger partial charge in [-0.05, 0) is 25.1 Å². The minimum absolute atomic E-state index is 0.213. The number of para-hydroxylation sites is 1. The Morgan fingerprint density at radius 2 is 1.84 bits per heavy atom. The lowest BCUT2D eigenvalue weighted by Gasteiger charge is -2.17. The largest absolute Gasteiger partial charge is 0.496 e. The fourth-order valence-electron chi connectivity index (χ4n) is 1.94. The number of hydrogen-bond acceptors (Lipinski definition) is 3. The molecule has 0 spiro atoms. The lowest BCUT2D eigenvalue weighted by Crippen LogP contribution is -2.19. The highest BCUT2D eigenvalue weighted by Gasteiger charge is 2.12. The van der Waals surface area contributed by atoms with E-state index in [1.54, 1.807) is 7.11 Å². The summed E-state index contributed by atoms with van der Waals surface area (Å²) in [6.07, 6.45) is 0. The third-order valence-electron chi connectivity index (χ3n) is 2.96. The van der Waals surface area contributed by atoms with E-state index in [1.807, 2.05) is 55.5 Å². The molecule has 0 amide bonds. The van der Waals surface area contributed by atoms with Gasteiger partial charge in [-0.15, -0.1) is 0 Å². The number of rotatable bonds is 5. The van der Waals surface area contributed by atoms with Gasteiger partial charge < -0.3 is 15.2 Å². The summed E-state index contributed by atoms with van der Waals surface area (Å²) in [7, 11) is 1.65. The van der Waals surface area contributed by atoms with Crippen molar-refractivity contribution in [1.29, 1.82) is 0 Å². The van der Waals surface area contributed by atoms with Crippen molar-refractivity contribution in [3.63, 3.8) is 0 Å². The Bertz CT molecular complexity index is 526. The van der Waals surface area contributed by atoms with Crippen LogP contribution in [0, 0.1) is 6.92 Å². The Kier molecular flexibility index (Phi) is 4.42. The Labute approximate surface area is 114 Å². The van der Waals surface area contributed by atoms with Crippen molar-refractivity contribution in [2.24, 2.45) is 5.73 Å². The van der Waals surface area contributed by atoms with Crippen molar-refractivity contribution in [3.05, 3.63) is 59.7 Å². The maximum Gasteiger partial charge on any atom is 0.123 e. The Balaban J connectivity index is 2.07. The van der Waals surface area contributed by atoms with Crippen LogP contribution >= 0.6 is 0 Å². The van der Waals surface area contributed by atoms with Gasteiger partial charge in [0.1, 0.15) is 18.1 Å². The summed E-state index contributed by atoms with van der Waals surface area (Å²) in [5.74, 6) is 1.62. The molecule has 3 nitrogen and oxygen atoms in total. The molecule has 2 aromatic rings. The lowest BCUT2D eigenvalue weighted by atomic mass is 10.0. The van der Waals surface area contributed by atoms with E-state index < -0.39 is 0 Å². The molecule has 0 aromatic heterocycles. The zero-order chi connectivity index (χ0) is 13.7. The molecule has 0 saturated carbocycles. The zero-order valence-corrected chi connectivity index (χ0v) is 11.3. The molecule has 2 rings (SSSR count). The fraction of sp³-hybridized carbons (Fsp3) is 0.250. The third-order valence-corrected chi connectivity index (χ3v) is 2.96. The van der Waals surface area contributed by atoms with Crippen LogP contribution in [-0.2, 0) is 0 Å².